The number of nitrogens with one attached hydrogen (secondary N) is 2. The van der Waals surface area contributed by atoms with Gasteiger partial charge in [0, 0.05) is 35.5 Å². The molecule has 2 N–H and O–H groups in total. The summed E-state index contributed by atoms with van der Waals surface area (Å²) in [6.45, 7) is 2.63. The summed E-state index contributed by atoms with van der Waals surface area (Å²) in [5, 5.41) is 6.55. The number of carbonyl (C=O) groups excluding carboxylic acids is 2. The lowest BCUT2D eigenvalue weighted by Gasteiger charge is -2.22. The van der Waals surface area contributed by atoms with E-state index in [4.69, 9.17) is 11.6 Å². The Bertz CT molecular complexity index is 1490. The standard InChI is InChI=1S/C35H43ClN2O4S/c1-25-9-6-16-31(43(2,41)42)23-33(38-35(40)29-14-8-15-30(36)22-29)32(25)20-19-26-12-7-13-27(18-17-26)21-34(39)37-24-28-10-4-3-5-11-28/h3-5,8,10-11,14-16,22-23,26-27H,6-7,9,12-13,17-21,24H2,1-2H3,(H,37,39)(H,38,40). The van der Waals surface area contributed by atoms with Crippen LogP contribution in [0.2, 0.25) is 5.02 Å². The summed E-state index contributed by atoms with van der Waals surface area (Å²) in [5.41, 5.74) is 4.22. The zero-order valence-corrected chi connectivity index (χ0v) is 26.8. The quantitative estimate of drug-likeness (QED) is 0.266. The molecule has 0 saturated heterocycles. The molecule has 6 nitrogen and oxygen atoms in total. The van der Waals surface area contributed by atoms with E-state index >= 15 is 0 Å². The molecule has 2 atom stereocenters. The third-order valence-corrected chi connectivity index (χ3v) is 9.95. The van der Waals surface area contributed by atoms with Crippen molar-refractivity contribution in [2.24, 2.45) is 11.8 Å². The molecule has 2 unspecified atom stereocenters. The molecule has 2 aromatic carbocycles. The van der Waals surface area contributed by atoms with Gasteiger partial charge >= 0.3 is 0 Å². The Morgan fingerprint density at radius 1 is 0.977 bits per heavy atom. The number of amides is 2. The van der Waals surface area contributed by atoms with E-state index < -0.39 is 9.84 Å². The molecule has 0 heterocycles. The van der Waals surface area contributed by atoms with Crippen molar-refractivity contribution in [2.75, 3.05) is 6.26 Å². The molecule has 1 saturated carbocycles. The minimum absolute atomic E-state index is 0.113. The largest absolute Gasteiger partial charge is 0.352 e. The minimum Gasteiger partial charge on any atom is -0.352 e. The van der Waals surface area contributed by atoms with Crippen LogP contribution in [0.3, 0.4) is 0 Å². The lowest BCUT2D eigenvalue weighted by atomic mass is 9.88. The zero-order chi connectivity index (χ0) is 30.8. The van der Waals surface area contributed by atoms with Crippen molar-refractivity contribution in [3.05, 3.63) is 105 Å². The maximum absolute atomic E-state index is 13.2. The molecule has 0 spiro atoms. The molecule has 43 heavy (non-hydrogen) atoms. The van der Waals surface area contributed by atoms with E-state index in [2.05, 4.69) is 17.6 Å². The smallest absolute Gasteiger partial charge is 0.255 e. The van der Waals surface area contributed by atoms with Gasteiger partial charge in [0.05, 0.1) is 4.91 Å². The normalized spacial score (nSPS) is 19.8. The van der Waals surface area contributed by atoms with Crippen molar-refractivity contribution < 1.29 is 18.0 Å². The maximum atomic E-state index is 13.2. The summed E-state index contributed by atoms with van der Waals surface area (Å²) < 4.78 is 25.1. The van der Waals surface area contributed by atoms with E-state index in [1.54, 1.807) is 36.4 Å². The highest BCUT2D eigenvalue weighted by atomic mass is 35.5. The predicted octanol–water partition coefficient (Wildman–Crippen LogP) is 7.68. The van der Waals surface area contributed by atoms with Crippen LogP contribution in [0.25, 0.3) is 0 Å². The van der Waals surface area contributed by atoms with Crippen LogP contribution in [-0.2, 0) is 21.2 Å². The third kappa shape index (κ3) is 10.2. The van der Waals surface area contributed by atoms with Crippen LogP contribution >= 0.6 is 11.6 Å². The van der Waals surface area contributed by atoms with E-state index in [1.807, 2.05) is 30.3 Å². The van der Waals surface area contributed by atoms with Gasteiger partial charge in [-0.2, -0.15) is 0 Å². The number of benzene rings is 2. The molecule has 2 aromatic rings. The highest BCUT2D eigenvalue weighted by Crippen LogP contribution is 2.35. The predicted molar refractivity (Wildman–Crippen MR) is 174 cm³/mol. The molecular weight excluding hydrogens is 580 g/mol. The summed E-state index contributed by atoms with van der Waals surface area (Å²) in [4.78, 5) is 26.1. The van der Waals surface area contributed by atoms with Crippen molar-refractivity contribution in [1.82, 2.24) is 10.6 Å². The molecule has 8 heteroatoms. The zero-order valence-electron chi connectivity index (χ0n) is 25.2. The summed E-state index contributed by atoms with van der Waals surface area (Å²) in [6, 6.07) is 16.7. The number of allylic oxidation sites excluding steroid dienone is 4. The minimum atomic E-state index is -3.47. The Morgan fingerprint density at radius 3 is 2.47 bits per heavy atom. The fraction of sp³-hybridized carbons (Fsp3) is 0.429. The summed E-state index contributed by atoms with van der Waals surface area (Å²) in [5.74, 6) is 0.689. The monoisotopic (exact) mass is 622 g/mol. The fourth-order valence-corrected chi connectivity index (χ4v) is 7.01. The van der Waals surface area contributed by atoms with Crippen LogP contribution in [0.5, 0.6) is 0 Å². The number of rotatable bonds is 10. The number of carbonyl (C=O) groups is 2. The second-order valence-corrected chi connectivity index (χ2v) is 14.4. The highest BCUT2D eigenvalue weighted by Gasteiger charge is 2.24. The lowest BCUT2D eigenvalue weighted by Crippen LogP contribution is -2.25. The second kappa shape index (κ2) is 15.5. The average molecular weight is 623 g/mol. The topological polar surface area (TPSA) is 92.3 Å². The first-order chi connectivity index (χ1) is 20.6. The van der Waals surface area contributed by atoms with Crippen LogP contribution in [0.4, 0.5) is 0 Å². The van der Waals surface area contributed by atoms with Gasteiger partial charge in [-0.1, -0.05) is 78.9 Å². The number of hydrogen-bond acceptors (Lipinski definition) is 4. The molecule has 2 aliphatic carbocycles. The van der Waals surface area contributed by atoms with Gasteiger partial charge in [-0.05, 0) is 92.7 Å². The van der Waals surface area contributed by atoms with Crippen molar-refractivity contribution in [1.29, 1.82) is 0 Å². The van der Waals surface area contributed by atoms with Crippen molar-refractivity contribution in [3.63, 3.8) is 0 Å². The number of halogens is 1. The Hall–Kier alpha value is -3.16. The first kappa shape index (κ1) is 32.7. The van der Waals surface area contributed by atoms with E-state index in [0.29, 0.717) is 47.5 Å². The second-order valence-electron chi connectivity index (χ2n) is 11.9. The summed E-state index contributed by atoms with van der Waals surface area (Å²) in [7, 11) is -3.47. The highest BCUT2D eigenvalue weighted by molar-refractivity contribution is 7.94. The van der Waals surface area contributed by atoms with Crippen molar-refractivity contribution in [3.8, 4) is 0 Å². The van der Waals surface area contributed by atoms with Gasteiger partial charge in [0.2, 0.25) is 5.91 Å². The summed E-state index contributed by atoms with van der Waals surface area (Å²) >= 11 is 6.13. The molecule has 0 aromatic heterocycles. The van der Waals surface area contributed by atoms with Crippen LogP contribution in [0.15, 0.2) is 88.5 Å². The van der Waals surface area contributed by atoms with Gasteiger partial charge < -0.3 is 10.6 Å². The van der Waals surface area contributed by atoms with E-state index in [9.17, 15) is 18.0 Å². The molecule has 0 bridgehead atoms. The SMILES string of the molecule is CC1=C(CCC2CCCC(CC(=O)NCc3ccccc3)CC2)C(NC(=O)c2cccc(Cl)c2)=CC(S(C)(=O)=O)=CCC1. The first-order valence-electron chi connectivity index (χ1n) is 15.3. The van der Waals surface area contributed by atoms with Crippen molar-refractivity contribution >= 4 is 33.3 Å². The van der Waals surface area contributed by atoms with Gasteiger partial charge in [0.1, 0.15) is 0 Å². The molecule has 230 valence electrons. The van der Waals surface area contributed by atoms with Crippen LogP contribution < -0.4 is 10.6 Å². The molecule has 0 aliphatic heterocycles. The van der Waals surface area contributed by atoms with Gasteiger partial charge in [0.15, 0.2) is 9.84 Å². The van der Waals surface area contributed by atoms with E-state index in [1.165, 1.54) is 6.26 Å². The first-order valence-corrected chi connectivity index (χ1v) is 17.5. The van der Waals surface area contributed by atoms with Crippen LogP contribution in [-0.4, -0.2) is 26.5 Å². The fourth-order valence-electron chi connectivity index (χ4n) is 6.07. The van der Waals surface area contributed by atoms with Crippen LogP contribution in [0, 0.1) is 11.8 Å². The molecule has 2 aliphatic rings. The third-order valence-electron chi connectivity index (χ3n) is 8.57. The van der Waals surface area contributed by atoms with Gasteiger partial charge in [-0.15, -0.1) is 0 Å². The molecule has 0 radical (unpaired) electrons. The maximum Gasteiger partial charge on any atom is 0.255 e. The number of sulfone groups is 1. The Morgan fingerprint density at radius 2 is 1.72 bits per heavy atom. The average Bonchev–Trinajstić information content (AvgIpc) is 3.19. The van der Waals surface area contributed by atoms with Gasteiger partial charge in [0.25, 0.3) is 5.91 Å². The van der Waals surface area contributed by atoms with E-state index in [-0.39, 0.29) is 16.7 Å². The van der Waals surface area contributed by atoms with Gasteiger partial charge in [-0.25, -0.2) is 8.42 Å². The van der Waals surface area contributed by atoms with Crippen LogP contribution in [0.1, 0.15) is 87.1 Å². The number of hydrogen-bond donors (Lipinski definition) is 2. The molecule has 1 fully saturated rings. The Kier molecular flexibility index (Phi) is 11.8. The van der Waals surface area contributed by atoms with E-state index in [0.717, 1.165) is 68.1 Å². The Balaban J connectivity index is 1.41. The molecule has 4 rings (SSSR count). The molecule has 2 amide bonds. The Labute approximate surface area is 261 Å². The summed E-state index contributed by atoms with van der Waals surface area (Å²) in [6.07, 6.45) is 13.5. The van der Waals surface area contributed by atoms with Gasteiger partial charge in [-0.3, -0.25) is 9.59 Å². The lowest BCUT2D eigenvalue weighted by molar-refractivity contribution is -0.122. The molecular formula is C35H43ClN2O4S. The van der Waals surface area contributed by atoms with Crippen molar-refractivity contribution in [2.45, 2.75) is 77.7 Å².